The van der Waals surface area contributed by atoms with E-state index in [0.29, 0.717) is 11.6 Å². The van der Waals surface area contributed by atoms with E-state index in [9.17, 15) is 4.79 Å². The minimum Gasteiger partial charge on any atom is -0.381 e. The van der Waals surface area contributed by atoms with Crippen molar-refractivity contribution in [1.82, 2.24) is 29.7 Å². The van der Waals surface area contributed by atoms with Crippen LogP contribution in [-0.4, -0.2) is 68.0 Å². The maximum absolute atomic E-state index is 12.4. The van der Waals surface area contributed by atoms with Crippen LogP contribution in [0.1, 0.15) is 56.9 Å². The highest BCUT2D eigenvalue weighted by Crippen LogP contribution is 2.35. The Balaban J connectivity index is 1.29. The zero-order valence-corrected chi connectivity index (χ0v) is 21.3. The van der Waals surface area contributed by atoms with Gasteiger partial charge in [-0.05, 0) is 64.0 Å². The largest absolute Gasteiger partial charge is 0.381 e. The van der Waals surface area contributed by atoms with Crippen LogP contribution < -0.4 is 10.2 Å². The van der Waals surface area contributed by atoms with Gasteiger partial charge in [-0.25, -0.2) is 15.0 Å². The lowest BCUT2D eigenvalue weighted by Crippen LogP contribution is -2.47. The number of hydrogen-bond acceptors (Lipinski definition) is 9. The van der Waals surface area contributed by atoms with Gasteiger partial charge in [0.05, 0.1) is 24.5 Å². The molecule has 2 fully saturated rings. The Labute approximate surface area is 215 Å². The topological polar surface area (TPSA) is 120 Å². The summed E-state index contributed by atoms with van der Waals surface area (Å²) in [7, 11) is 1.77. The highest BCUT2D eigenvalue weighted by Gasteiger charge is 2.33. The summed E-state index contributed by atoms with van der Waals surface area (Å²) < 4.78 is 13.4. The second kappa shape index (κ2) is 10.1. The Morgan fingerprint density at radius 2 is 1.95 bits per heavy atom. The van der Waals surface area contributed by atoms with Crippen LogP contribution in [-0.2, 0) is 14.3 Å². The first-order valence-corrected chi connectivity index (χ1v) is 13.1. The highest BCUT2D eigenvalue weighted by atomic mass is 16.5. The monoisotopic (exact) mass is 504 g/mol. The number of anilines is 2. The molecule has 3 aliphatic rings. The van der Waals surface area contributed by atoms with Gasteiger partial charge in [0.25, 0.3) is 0 Å². The van der Waals surface area contributed by atoms with E-state index in [1.807, 2.05) is 23.6 Å². The van der Waals surface area contributed by atoms with Gasteiger partial charge in [-0.1, -0.05) is 0 Å². The number of methoxy groups -OCH3 is 1. The summed E-state index contributed by atoms with van der Waals surface area (Å²) in [6.07, 6.45) is 10.6. The molecule has 1 saturated carbocycles. The maximum Gasteiger partial charge on any atom is 0.245 e. The van der Waals surface area contributed by atoms with Crippen molar-refractivity contribution in [2.24, 2.45) is 0 Å². The summed E-state index contributed by atoms with van der Waals surface area (Å²) in [6, 6.07) is 4.18. The van der Waals surface area contributed by atoms with Crippen LogP contribution in [0.25, 0.3) is 22.8 Å². The van der Waals surface area contributed by atoms with Gasteiger partial charge in [-0.3, -0.25) is 9.36 Å². The fourth-order valence-electron chi connectivity index (χ4n) is 5.63. The standard InChI is InChI=1S/C26H32N8O3/c1-16-19(10-11-20(29-16)25-32-28-15-34(25)23-5-3-4-12-37-23)21-13-27-24-26(30-21)33(14-22(35)31-24)17-6-8-18(36-2)9-7-17/h10-11,13,15,17-18,23H,3-9,12,14H2,1-2H3,(H,27,31,35). The average Bonchev–Trinajstić information content (AvgIpc) is 3.43. The molecule has 0 radical (unpaired) electrons. The molecule has 1 aliphatic carbocycles. The highest BCUT2D eigenvalue weighted by molar-refractivity contribution is 5.99. The van der Waals surface area contributed by atoms with Crippen LogP contribution in [0.15, 0.2) is 24.7 Å². The molecule has 1 amide bonds. The number of carbonyl (C=O) groups is 1. The van der Waals surface area contributed by atoms with Crippen molar-refractivity contribution in [2.75, 3.05) is 30.5 Å². The van der Waals surface area contributed by atoms with Gasteiger partial charge < -0.3 is 19.7 Å². The number of carbonyl (C=O) groups excluding carboxylic acids is 1. The SMILES string of the molecule is COC1CCC(N2CC(=O)Nc3ncc(-c4ccc(-c5nncn5C5CCCCO5)nc4C)nc32)CC1. The van der Waals surface area contributed by atoms with Crippen LogP contribution in [0.2, 0.25) is 0 Å². The third kappa shape index (κ3) is 4.69. The molecule has 0 bridgehead atoms. The molecule has 3 aromatic rings. The molecular formula is C26H32N8O3. The number of aryl methyl sites for hydroxylation is 1. The van der Waals surface area contributed by atoms with E-state index in [1.54, 1.807) is 19.6 Å². The molecule has 1 unspecified atom stereocenters. The van der Waals surface area contributed by atoms with Crippen molar-refractivity contribution < 1.29 is 14.3 Å². The predicted molar refractivity (Wildman–Crippen MR) is 137 cm³/mol. The molecule has 2 aliphatic heterocycles. The minimum atomic E-state index is -0.0628. The fraction of sp³-hybridized carbons (Fsp3) is 0.538. The quantitative estimate of drug-likeness (QED) is 0.556. The predicted octanol–water partition coefficient (Wildman–Crippen LogP) is 3.52. The first-order chi connectivity index (χ1) is 18.1. The van der Waals surface area contributed by atoms with E-state index in [2.05, 4.69) is 25.4 Å². The Kier molecular flexibility index (Phi) is 6.56. The number of fused-ring (bicyclic) bond motifs is 1. The summed E-state index contributed by atoms with van der Waals surface area (Å²) in [5, 5.41) is 11.3. The van der Waals surface area contributed by atoms with Crippen molar-refractivity contribution in [3.8, 4) is 22.8 Å². The third-order valence-electron chi connectivity index (χ3n) is 7.65. The lowest BCUT2D eigenvalue weighted by molar-refractivity contribution is -0.115. The fourth-order valence-corrected chi connectivity index (χ4v) is 5.63. The zero-order valence-electron chi connectivity index (χ0n) is 21.3. The van der Waals surface area contributed by atoms with Crippen LogP contribution in [0.5, 0.6) is 0 Å². The summed E-state index contributed by atoms with van der Waals surface area (Å²) >= 11 is 0. The molecule has 6 rings (SSSR count). The summed E-state index contributed by atoms with van der Waals surface area (Å²) in [6.45, 7) is 2.99. The lowest BCUT2D eigenvalue weighted by atomic mass is 9.91. The smallest absolute Gasteiger partial charge is 0.245 e. The summed E-state index contributed by atoms with van der Waals surface area (Å²) in [4.78, 5) is 29.0. The molecule has 11 heteroatoms. The molecule has 194 valence electrons. The number of rotatable bonds is 5. The van der Waals surface area contributed by atoms with Crippen LogP contribution in [0.3, 0.4) is 0 Å². The molecule has 0 aromatic carbocycles. The van der Waals surface area contributed by atoms with Gasteiger partial charge >= 0.3 is 0 Å². The van der Waals surface area contributed by atoms with E-state index >= 15 is 0 Å². The first-order valence-electron chi connectivity index (χ1n) is 13.1. The van der Waals surface area contributed by atoms with Crippen molar-refractivity contribution >= 4 is 17.5 Å². The number of pyridine rings is 1. The zero-order chi connectivity index (χ0) is 25.4. The van der Waals surface area contributed by atoms with E-state index in [4.69, 9.17) is 19.4 Å². The van der Waals surface area contributed by atoms with Crippen LogP contribution in [0.4, 0.5) is 11.6 Å². The molecular weight excluding hydrogens is 472 g/mol. The normalized spacial score (nSPS) is 24.0. The van der Waals surface area contributed by atoms with Gasteiger partial charge in [0.15, 0.2) is 17.5 Å². The van der Waals surface area contributed by atoms with Crippen molar-refractivity contribution in [3.05, 3.63) is 30.4 Å². The van der Waals surface area contributed by atoms with Gasteiger partial charge in [0, 0.05) is 31.0 Å². The van der Waals surface area contributed by atoms with Gasteiger partial charge in [-0.2, -0.15) is 0 Å². The number of nitrogens with one attached hydrogen (secondary N) is 1. The van der Waals surface area contributed by atoms with Crippen molar-refractivity contribution in [3.63, 3.8) is 0 Å². The number of hydrogen-bond donors (Lipinski definition) is 1. The molecule has 3 aromatic heterocycles. The minimum absolute atomic E-state index is 0.0586. The first kappa shape index (κ1) is 23.9. The Morgan fingerprint density at radius 3 is 2.70 bits per heavy atom. The summed E-state index contributed by atoms with van der Waals surface area (Å²) in [5.41, 5.74) is 3.17. The van der Waals surface area contributed by atoms with Crippen LogP contribution >= 0.6 is 0 Å². The number of ether oxygens (including phenoxy) is 2. The lowest BCUT2D eigenvalue weighted by Gasteiger charge is -2.39. The summed E-state index contributed by atoms with van der Waals surface area (Å²) in [5.74, 6) is 1.86. The van der Waals surface area contributed by atoms with E-state index in [0.717, 1.165) is 80.0 Å². The van der Waals surface area contributed by atoms with E-state index in [1.165, 1.54) is 0 Å². The second-order valence-corrected chi connectivity index (χ2v) is 9.98. The van der Waals surface area contributed by atoms with Crippen LogP contribution in [0, 0.1) is 6.92 Å². The molecule has 1 N–H and O–H groups in total. The molecule has 5 heterocycles. The molecule has 0 spiro atoms. The van der Waals surface area contributed by atoms with Gasteiger partial charge in [0.1, 0.15) is 18.2 Å². The average molecular weight is 505 g/mol. The van der Waals surface area contributed by atoms with Gasteiger partial charge in [0.2, 0.25) is 5.91 Å². The van der Waals surface area contributed by atoms with Crippen molar-refractivity contribution in [2.45, 2.75) is 70.2 Å². The number of aromatic nitrogens is 6. The Morgan fingerprint density at radius 1 is 1.08 bits per heavy atom. The number of amides is 1. The Hall–Kier alpha value is -3.44. The molecule has 1 saturated heterocycles. The molecule has 1 atom stereocenters. The molecule has 11 nitrogen and oxygen atoms in total. The Bertz CT molecular complexity index is 1280. The number of nitrogens with zero attached hydrogens (tertiary/aromatic N) is 7. The van der Waals surface area contributed by atoms with E-state index in [-0.39, 0.29) is 30.8 Å². The van der Waals surface area contributed by atoms with Gasteiger partial charge in [-0.15, -0.1) is 10.2 Å². The van der Waals surface area contributed by atoms with Crippen molar-refractivity contribution in [1.29, 1.82) is 0 Å². The second-order valence-electron chi connectivity index (χ2n) is 9.98. The maximum atomic E-state index is 12.4. The van der Waals surface area contributed by atoms with E-state index < -0.39 is 0 Å². The third-order valence-corrected chi connectivity index (χ3v) is 7.65. The molecule has 37 heavy (non-hydrogen) atoms.